The second-order valence-electron chi connectivity index (χ2n) is 5.89. The standard InChI is InChI=1S/C17H25NO2/c1-12-6-7-13(2)16(10-12)17(19)15(4)18-8-5-9-20-14(3)11-18/h6-7,10,14-15H,5,8-9,11H2,1-4H3. The van der Waals surface area contributed by atoms with Gasteiger partial charge in [0, 0.05) is 25.3 Å². The van der Waals surface area contributed by atoms with Gasteiger partial charge in [-0.3, -0.25) is 9.69 Å². The fraction of sp³-hybridized carbons (Fsp3) is 0.588. The van der Waals surface area contributed by atoms with Crippen molar-refractivity contribution in [3.05, 3.63) is 34.9 Å². The molecule has 1 aliphatic rings. The van der Waals surface area contributed by atoms with E-state index < -0.39 is 0 Å². The highest BCUT2D eigenvalue weighted by Crippen LogP contribution is 2.17. The van der Waals surface area contributed by atoms with E-state index >= 15 is 0 Å². The molecule has 1 aromatic rings. The van der Waals surface area contributed by atoms with Gasteiger partial charge in [-0.1, -0.05) is 17.7 Å². The third-order valence-electron chi connectivity index (χ3n) is 4.07. The van der Waals surface area contributed by atoms with Gasteiger partial charge in [0.1, 0.15) is 0 Å². The number of rotatable bonds is 3. The number of carbonyl (C=O) groups excluding carboxylic acids is 1. The minimum Gasteiger partial charge on any atom is -0.377 e. The van der Waals surface area contributed by atoms with E-state index in [9.17, 15) is 4.79 Å². The maximum atomic E-state index is 12.8. The smallest absolute Gasteiger partial charge is 0.179 e. The lowest BCUT2D eigenvalue weighted by Gasteiger charge is -2.28. The molecule has 0 bridgehead atoms. The van der Waals surface area contributed by atoms with E-state index in [1.54, 1.807) is 0 Å². The van der Waals surface area contributed by atoms with Gasteiger partial charge in [-0.25, -0.2) is 0 Å². The normalized spacial score (nSPS) is 22.3. The Morgan fingerprint density at radius 2 is 2.15 bits per heavy atom. The molecule has 3 heteroatoms. The van der Waals surface area contributed by atoms with E-state index in [0.29, 0.717) is 0 Å². The average molecular weight is 275 g/mol. The summed E-state index contributed by atoms with van der Waals surface area (Å²) in [5.74, 6) is 0.223. The topological polar surface area (TPSA) is 29.5 Å². The van der Waals surface area contributed by atoms with Gasteiger partial charge in [-0.15, -0.1) is 0 Å². The lowest BCUT2D eigenvalue weighted by molar-refractivity contribution is 0.0581. The molecule has 1 aromatic carbocycles. The van der Waals surface area contributed by atoms with E-state index in [-0.39, 0.29) is 17.9 Å². The lowest BCUT2D eigenvalue weighted by Crippen LogP contribution is -2.42. The summed E-state index contributed by atoms with van der Waals surface area (Å²) in [6.45, 7) is 10.7. The molecule has 0 aromatic heterocycles. The molecule has 0 amide bonds. The summed E-state index contributed by atoms with van der Waals surface area (Å²) in [6.07, 6.45) is 1.20. The molecule has 1 saturated heterocycles. The minimum absolute atomic E-state index is 0.0837. The van der Waals surface area contributed by atoms with Gasteiger partial charge in [0.15, 0.2) is 5.78 Å². The summed E-state index contributed by atoms with van der Waals surface area (Å²) in [6, 6.07) is 6.01. The monoisotopic (exact) mass is 275 g/mol. The fourth-order valence-corrected chi connectivity index (χ4v) is 2.77. The summed E-state index contributed by atoms with van der Waals surface area (Å²) >= 11 is 0. The van der Waals surface area contributed by atoms with Crippen molar-refractivity contribution >= 4 is 5.78 Å². The Hall–Kier alpha value is -1.19. The first-order valence-corrected chi connectivity index (χ1v) is 7.46. The molecule has 0 N–H and O–H groups in total. The Kier molecular flexibility index (Phi) is 4.95. The SMILES string of the molecule is Cc1ccc(C)c(C(=O)C(C)N2CCCOC(C)C2)c1. The molecule has 0 saturated carbocycles. The van der Waals surface area contributed by atoms with E-state index in [2.05, 4.69) is 17.9 Å². The number of ketones is 1. The largest absolute Gasteiger partial charge is 0.377 e. The molecule has 20 heavy (non-hydrogen) atoms. The third-order valence-corrected chi connectivity index (χ3v) is 4.07. The molecule has 2 unspecified atom stereocenters. The lowest BCUT2D eigenvalue weighted by atomic mass is 9.97. The van der Waals surface area contributed by atoms with Crippen LogP contribution in [0.3, 0.4) is 0 Å². The maximum Gasteiger partial charge on any atom is 0.179 e. The van der Waals surface area contributed by atoms with Crippen molar-refractivity contribution in [2.45, 2.75) is 46.3 Å². The summed E-state index contributed by atoms with van der Waals surface area (Å²) in [5.41, 5.74) is 3.06. The molecular formula is C17H25NO2. The first-order chi connectivity index (χ1) is 9.49. The fourth-order valence-electron chi connectivity index (χ4n) is 2.77. The number of carbonyl (C=O) groups is 1. The molecule has 2 rings (SSSR count). The van der Waals surface area contributed by atoms with E-state index in [0.717, 1.165) is 42.8 Å². The zero-order valence-corrected chi connectivity index (χ0v) is 13.0. The van der Waals surface area contributed by atoms with Crippen LogP contribution < -0.4 is 0 Å². The molecule has 1 heterocycles. The Labute approximate surface area is 121 Å². The highest BCUT2D eigenvalue weighted by molar-refractivity contribution is 6.01. The molecule has 0 aliphatic carbocycles. The minimum atomic E-state index is -0.0837. The first kappa shape index (κ1) is 15.2. The van der Waals surface area contributed by atoms with Gasteiger partial charge in [0.25, 0.3) is 0 Å². The number of aryl methyl sites for hydroxylation is 2. The van der Waals surface area contributed by atoms with Crippen LogP contribution in [0.4, 0.5) is 0 Å². The number of ether oxygens (including phenoxy) is 1. The Morgan fingerprint density at radius 1 is 1.40 bits per heavy atom. The summed E-state index contributed by atoms with van der Waals surface area (Å²) in [7, 11) is 0. The number of hydrogen-bond donors (Lipinski definition) is 0. The summed E-state index contributed by atoms with van der Waals surface area (Å²) < 4.78 is 5.66. The predicted molar refractivity (Wildman–Crippen MR) is 81.3 cm³/mol. The van der Waals surface area contributed by atoms with Crippen LogP contribution >= 0.6 is 0 Å². The van der Waals surface area contributed by atoms with Gasteiger partial charge < -0.3 is 4.74 Å². The Bertz CT molecular complexity index is 484. The summed E-state index contributed by atoms with van der Waals surface area (Å²) in [4.78, 5) is 15.0. The molecule has 110 valence electrons. The zero-order chi connectivity index (χ0) is 14.7. The van der Waals surface area contributed by atoms with Gasteiger partial charge in [0.2, 0.25) is 0 Å². The first-order valence-electron chi connectivity index (χ1n) is 7.46. The van der Waals surface area contributed by atoms with Gasteiger partial charge in [0.05, 0.1) is 12.1 Å². The molecule has 1 fully saturated rings. The average Bonchev–Trinajstić information content (AvgIpc) is 2.64. The van der Waals surface area contributed by atoms with Crippen molar-refractivity contribution in [3.63, 3.8) is 0 Å². The van der Waals surface area contributed by atoms with Crippen molar-refractivity contribution in [2.75, 3.05) is 19.7 Å². The molecule has 0 spiro atoms. The Balaban J connectivity index is 2.16. The van der Waals surface area contributed by atoms with Gasteiger partial charge in [-0.05, 0) is 45.7 Å². The van der Waals surface area contributed by atoms with Crippen molar-refractivity contribution in [1.82, 2.24) is 4.90 Å². The zero-order valence-electron chi connectivity index (χ0n) is 13.0. The highest BCUT2D eigenvalue weighted by Gasteiger charge is 2.26. The predicted octanol–water partition coefficient (Wildman–Crippen LogP) is 2.99. The van der Waals surface area contributed by atoms with Crippen LogP contribution in [0, 0.1) is 13.8 Å². The van der Waals surface area contributed by atoms with Gasteiger partial charge in [-0.2, -0.15) is 0 Å². The van der Waals surface area contributed by atoms with Crippen LogP contribution in [0.1, 0.15) is 41.8 Å². The van der Waals surface area contributed by atoms with Crippen molar-refractivity contribution in [1.29, 1.82) is 0 Å². The van der Waals surface area contributed by atoms with Crippen LogP contribution in [-0.2, 0) is 4.74 Å². The Morgan fingerprint density at radius 3 is 2.90 bits per heavy atom. The van der Waals surface area contributed by atoms with Crippen LogP contribution in [-0.4, -0.2) is 42.5 Å². The van der Waals surface area contributed by atoms with Crippen LogP contribution in [0.2, 0.25) is 0 Å². The van der Waals surface area contributed by atoms with E-state index in [4.69, 9.17) is 4.74 Å². The van der Waals surface area contributed by atoms with Crippen molar-refractivity contribution in [2.24, 2.45) is 0 Å². The molecule has 3 nitrogen and oxygen atoms in total. The number of hydrogen-bond acceptors (Lipinski definition) is 3. The number of nitrogens with zero attached hydrogens (tertiary/aromatic N) is 1. The van der Waals surface area contributed by atoms with E-state index in [1.807, 2.05) is 32.9 Å². The van der Waals surface area contributed by atoms with Crippen molar-refractivity contribution < 1.29 is 9.53 Å². The second-order valence-corrected chi connectivity index (χ2v) is 5.89. The van der Waals surface area contributed by atoms with Crippen LogP contribution in [0.15, 0.2) is 18.2 Å². The quantitative estimate of drug-likeness (QED) is 0.794. The molecule has 2 atom stereocenters. The summed E-state index contributed by atoms with van der Waals surface area (Å²) in [5, 5.41) is 0. The van der Waals surface area contributed by atoms with Crippen LogP contribution in [0.5, 0.6) is 0 Å². The molecular weight excluding hydrogens is 250 g/mol. The second kappa shape index (κ2) is 6.51. The third kappa shape index (κ3) is 3.47. The van der Waals surface area contributed by atoms with Crippen molar-refractivity contribution in [3.8, 4) is 0 Å². The maximum absolute atomic E-state index is 12.8. The van der Waals surface area contributed by atoms with E-state index in [1.165, 1.54) is 0 Å². The van der Waals surface area contributed by atoms with Crippen LogP contribution in [0.25, 0.3) is 0 Å². The number of Topliss-reactive ketones (excluding diaryl/α,β-unsaturated/α-hetero) is 1. The highest BCUT2D eigenvalue weighted by atomic mass is 16.5. The van der Waals surface area contributed by atoms with Gasteiger partial charge >= 0.3 is 0 Å². The number of benzene rings is 1. The molecule has 0 radical (unpaired) electrons. The molecule has 1 aliphatic heterocycles.